The zero-order valence-corrected chi connectivity index (χ0v) is 16.9. The number of likely N-dealkylation sites (tertiary alicyclic amines) is 1. The molecule has 2 aliphatic rings. The molecule has 7 nitrogen and oxygen atoms in total. The van der Waals surface area contributed by atoms with Gasteiger partial charge in [-0.15, -0.1) is 0 Å². The van der Waals surface area contributed by atoms with Crippen molar-refractivity contribution >= 4 is 11.8 Å². The van der Waals surface area contributed by atoms with Crippen molar-refractivity contribution in [1.29, 1.82) is 0 Å². The molecule has 0 unspecified atom stereocenters. The third-order valence-corrected chi connectivity index (χ3v) is 5.66. The number of carbonyl (C=O) groups excluding carboxylic acids is 2. The number of aryl methyl sites for hydroxylation is 1. The molecule has 2 N–H and O–H groups in total. The first-order chi connectivity index (χ1) is 13.6. The van der Waals surface area contributed by atoms with Crippen LogP contribution in [0.1, 0.15) is 48.2 Å². The second kappa shape index (κ2) is 9.98. The lowest BCUT2D eigenvalue weighted by molar-refractivity contribution is -0.122. The standard InChI is InChI=1S/C21H32N4O3/c1-15-3-6-17(12-23-15)21(27)24-13-19-8-7-18(25(19)14-16-4-5-16)11-20(26)22-9-10-28-2/h3,6,12,16,18-19H,4-5,7-11,13-14H2,1-2H3,(H,22,26)(H,24,27)/t18-,19+/m1/s1. The summed E-state index contributed by atoms with van der Waals surface area (Å²) in [6, 6.07) is 4.20. The number of rotatable bonds is 10. The molecule has 1 saturated carbocycles. The Kier molecular flexibility index (Phi) is 7.39. The minimum absolute atomic E-state index is 0.0817. The smallest absolute Gasteiger partial charge is 0.252 e. The zero-order chi connectivity index (χ0) is 19.9. The van der Waals surface area contributed by atoms with Gasteiger partial charge in [-0.1, -0.05) is 0 Å². The summed E-state index contributed by atoms with van der Waals surface area (Å²) >= 11 is 0. The molecule has 0 aromatic carbocycles. The lowest BCUT2D eigenvalue weighted by Gasteiger charge is -2.30. The molecule has 2 heterocycles. The molecule has 7 heteroatoms. The van der Waals surface area contributed by atoms with Crippen LogP contribution in [0.2, 0.25) is 0 Å². The highest BCUT2D eigenvalue weighted by atomic mass is 16.5. The number of aromatic nitrogens is 1. The summed E-state index contributed by atoms with van der Waals surface area (Å²) in [7, 11) is 1.63. The Hall–Kier alpha value is -1.99. The molecule has 0 radical (unpaired) electrons. The number of amides is 2. The molecule has 3 rings (SSSR count). The highest BCUT2D eigenvalue weighted by Gasteiger charge is 2.37. The number of nitrogens with zero attached hydrogens (tertiary/aromatic N) is 2. The van der Waals surface area contributed by atoms with Crippen molar-refractivity contribution in [3.8, 4) is 0 Å². The predicted octanol–water partition coefficient (Wildman–Crippen LogP) is 1.52. The van der Waals surface area contributed by atoms with Crippen molar-refractivity contribution in [1.82, 2.24) is 20.5 Å². The van der Waals surface area contributed by atoms with Crippen LogP contribution in [0, 0.1) is 12.8 Å². The molecule has 1 aromatic rings. The first-order valence-corrected chi connectivity index (χ1v) is 10.3. The van der Waals surface area contributed by atoms with Crippen molar-refractivity contribution in [3.63, 3.8) is 0 Å². The Morgan fingerprint density at radius 3 is 2.64 bits per heavy atom. The number of carbonyl (C=O) groups is 2. The number of nitrogens with one attached hydrogen (secondary N) is 2. The van der Waals surface area contributed by atoms with E-state index < -0.39 is 0 Å². The van der Waals surface area contributed by atoms with Gasteiger partial charge < -0.3 is 15.4 Å². The van der Waals surface area contributed by atoms with E-state index >= 15 is 0 Å². The van der Waals surface area contributed by atoms with Crippen LogP contribution in [-0.2, 0) is 9.53 Å². The van der Waals surface area contributed by atoms with Gasteiger partial charge in [0.25, 0.3) is 5.91 Å². The fourth-order valence-corrected chi connectivity index (χ4v) is 3.84. The molecule has 0 bridgehead atoms. The number of methoxy groups -OCH3 is 1. The molecular formula is C21H32N4O3. The Morgan fingerprint density at radius 1 is 1.18 bits per heavy atom. The Labute approximate surface area is 167 Å². The third-order valence-electron chi connectivity index (χ3n) is 5.66. The van der Waals surface area contributed by atoms with Gasteiger partial charge in [0.05, 0.1) is 12.2 Å². The number of hydrogen-bond donors (Lipinski definition) is 2. The average molecular weight is 389 g/mol. The maximum absolute atomic E-state index is 12.4. The van der Waals surface area contributed by atoms with E-state index in [0.29, 0.717) is 37.7 Å². The summed E-state index contributed by atoms with van der Waals surface area (Å²) in [4.78, 5) is 31.3. The molecule has 1 aliphatic heterocycles. The first kappa shape index (κ1) is 20.7. The van der Waals surface area contributed by atoms with E-state index in [1.165, 1.54) is 12.8 Å². The van der Waals surface area contributed by atoms with Crippen molar-refractivity contribution in [2.75, 3.05) is 33.4 Å². The van der Waals surface area contributed by atoms with Crippen molar-refractivity contribution in [2.24, 2.45) is 5.92 Å². The minimum atomic E-state index is -0.0837. The van der Waals surface area contributed by atoms with Gasteiger partial charge in [-0.3, -0.25) is 19.5 Å². The zero-order valence-electron chi connectivity index (χ0n) is 16.9. The monoisotopic (exact) mass is 388 g/mol. The van der Waals surface area contributed by atoms with Crippen LogP contribution in [0.15, 0.2) is 18.3 Å². The highest BCUT2D eigenvalue weighted by molar-refractivity contribution is 5.93. The van der Waals surface area contributed by atoms with Gasteiger partial charge >= 0.3 is 0 Å². The number of pyridine rings is 1. The average Bonchev–Trinajstić information content (AvgIpc) is 3.43. The van der Waals surface area contributed by atoms with E-state index in [4.69, 9.17) is 4.74 Å². The van der Waals surface area contributed by atoms with Crippen LogP contribution in [0.4, 0.5) is 0 Å². The molecule has 28 heavy (non-hydrogen) atoms. The van der Waals surface area contributed by atoms with E-state index in [0.717, 1.165) is 31.0 Å². The van der Waals surface area contributed by atoms with E-state index in [9.17, 15) is 9.59 Å². The summed E-state index contributed by atoms with van der Waals surface area (Å²) < 4.78 is 4.99. The van der Waals surface area contributed by atoms with Crippen molar-refractivity contribution in [3.05, 3.63) is 29.6 Å². The molecule has 1 saturated heterocycles. The van der Waals surface area contributed by atoms with Gasteiger partial charge in [0.2, 0.25) is 5.91 Å². The number of hydrogen-bond acceptors (Lipinski definition) is 5. The minimum Gasteiger partial charge on any atom is -0.383 e. The summed E-state index contributed by atoms with van der Waals surface area (Å²) in [6.45, 7) is 4.63. The van der Waals surface area contributed by atoms with Crippen LogP contribution < -0.4 is 10.6 Å². The molecular weight excluding hydrogens is 356 g/mol. The summed E-state index contributed by atoms with van der Waals surface area (Å²) in [5, 5.41) is 5.99. The van der Waals surface area contributed by atoms with Crippen LogP contribution in [-0.4, -0.2) is 67.1 Å². The van der Waals surface area contributed by atoms with Gasteiger partial charge in [-0.25, -0.2) is 0 Å². The van der Waals surface area contributed by atoms with Crippen LogP contribution >= 0.6 is 0 Å². The quantitative estimate of drug-likeness (QED) is 0.594. The maximum atomic E-state index is 12.4. The molecule has 2 fully saturated rings. The normalized spacial score (nSPS) is 22.2. The SMILES string of the molecule is COCCNC(=O)C[C@H]1CC[C@@H](CNC(=O)c2ccc(C)nc2)N1CC1CC1. The Balaban J connectivity index is 1.52. The molecule has 1 aromatic heterocycles. The molecule has 2 amide bonds. The fourth-order valence-electron chi connectivity index (χ4n) is 3.84. The van der Waals surface area contributed by atoms with Gasteiger partial charge in [0.1, 0.15) is 0 Å². The third kappa shape index (κ3) is 6.01. The fraction of sp³-hybridized carbons (Fsp3) is 0.667. The number of ether oxygens (including phenoxy) is 1. The van der Waals surface area contributed by atoms with Crippen molar-refractivity contribution < 1.29 is 14.3 Å². The van der Waals surface area contributed by atoms with Crippen molar-refractivity contribution in [2.45, 2.75) is 51.1 Å². The van der Waals surface area contributed by atoms with Crippen LogP contribution in [0.5, 0.6) is 0 Å². The van der Waals surface area contributed by atoms with E-state index in [2.05, 4.69) is 20.5 Å². The van der Waals surface area contributed by atoms with Gasteiger partial charge in [-0.05, 0) is 50.7 Å². The van der Waals surface area contributed by atoms with Crippen LogP contribution in [0.3, 0.4) is 0 Å². The second-order valence-corrected chi connectivity index (χ2v) is 7.97. The molecule has 1 aliphatic carbocycles. The van der Waals surface area contributed by atoms with E-state index in [1.54, 1.807) is 19.4 Å². The summed E-state index contributed by atoms with van der Waals surface area (Å²) in [5.41, 5.74) is 1.49. The largest absolute Gasteiger partial charge is 0.383 e. The van der Waals surface area contributed by atoms with E-state index in [-0.39, 0.29) is 17.9 Å². The predicted molar refractivity (Wildman–Crippen MR) is 107 cm³/mol. The molecule has 0 spiro atoms. The lowest BCUT2D eigenvalue weighted by Crippen LogP contribution is -2.45. The topological polar surface area (TPSA) is 83.6 Å². The first-order valence-electron chi connectivity index (χ1n) is 10.3. The lowest BCUT2D eigenvalue weighted by atomic mass is 10.1. The molecule has 2 atom stereocenters. The summed E-state index contributed by atoms with van der Waals surface area (Å²) in [6.07, 6.45) is 6.69. The van der Waals surface area contributed by atoms with Gasteiger partial charge in [0, 0.05) is 57.1 Å². The maximum Gasteiger partial charge on any atom is 0.252 e. The Morgan fingerprint density at radius 2 is 1.96 bits per heavy atom. The highest BCUT2D eigenvalue weighted by Crippen LogP contribution is 2.35. The van der Waals surface area contributed by atoms with Gasteiger partial charge in [0.15, 0.2) is 0 Å². The summed E-state index contributed by atoms with van der Waals surface area (Å²) in [5.74, 6) is 0.745. The second-order valence-electron chi connectivity index (χ2n) is 7.97. The van der Waals surface area contributed by atoms with Crippen LogP contribution in [0.25, 0.3) is 0 Å². The molecule has 154 valence electrons. The Bertz CT molecular complexity index is 660. The van der Waals surface area contributed by atoms with E-state index in [1.807, 2.05) is 13.0 Å². The van der Waals surface area contributed by atoms with Gasteiger partial charge in [-0.2, -0.15) is 0 Å².